The fourth-order valence-corrected chi connectivity index (χ4v) is 1.59. The van der Waals surface area contributed by atoms with Gasteiger partial charge in [-0.25, -0.2) is 9.97 Å². The molecular formula is C12H21N3. The summed E-state index contributed by atoms with van der Waals surface area (Å²) in [6.07, 6.45) is 3.66. The Balaban J connectivity index is 2.56. The smallest absolute Gasteiger partial charge is 0.223 e. The van der Waals surface area contributed by atoms with Crippen LogP contribution in [0.3, 0.4) is 0 Å². The van der Waals surface area contributed by atoms with E-state index >= 15 is 0 Å². The van der Waals surface area contributed by atoms with E-state index < -0.39 is 0 Å². The molecule has 3 nitrogen and oxygen atoms in total. The van der Waals surface area contributed by atoms with E-state index in [9.17, 15) is 0 Å². The second-order valence-electron chi connectivity index (χ2n) is 4.16. The second kappa shape index (κ2) is 5.69. The van der Waals surface area contributed by atoms with Crippen LogP contribution in [0, 0.1) is 13.8 Å². The van der Waals surface area contributed by atoms with Crippen molar-refractivity contribution in [1.82, 2.24) is 9.97 Å². The summed E-state index contributed by atoms with van der Waals surface area (Å²) in [5.41, 5.74) is 2.04. The summed E-state index contributed by atoms with van der Waals surface area (Å²) in [7, 11) is 0. The van der Waals surface area contributed by atoms with Crippen molar-refractivity contribution in [1.29, 1.82) is 0 Å². The molecule has 3 heteroatoms. The first-order valence-electron chi connectivity index (χ1n) is 5.70. The molecule has 0 fully saturated rings. The molecule has 0 aliphatic heterocycles. The molecular weight excluding hydrogens is 186 g/mol. The molecule has 1 heterocycles. The van der Waals surface area contributed by atoms with E-state index in [1.54, 1.807) is 0 Å². The van der Waals surface area contributed by atoms with Gasteiger partial charge in [-0.05, 0) is 33.3 Å². The predicted octanol–water partition coefficient (Wildman–Crippen LogP) is 3.08. The molecule has 1 rings (SSSR count). The number of aromatic nitrogens is 2. The van der Waals surface area contributed by atoms with Crippen LogP contribution in [0.4, 0.5) is 5.95 Å². The first kappa shape index (κ1) is 12.0. The Morgan fingerprint density at radius 2 is 1.87 bits per heavy atom. The van der Waals surface area contributed by atoms with Gasteiger partial charge in [-0.2, -0.15) is 0 Å². The fraction of sp³-hybridized carbons (Fsp3) is 0.667. The molecule has 0 bridgehead atoms. The average Bonchev–Trinajstić information content (AvgIpc) is 2.13. The van der Waals surface area contributed by atoms with Gasteiger partial charge in [0.25, 0.3) is 0 Å². The van der Waals surface area contributed by atoms with Crippen LogP contribution in [0.15, 0.2) is 6.07 Å². The third kappa shape index (κ3) is 4.28. The zero-order valence-electron chi connectivity index (χ0n) is 10.2. The van der Waals surface area contributed by atoms with Gasteiger partial charge in [-0.3, -0.25) is 0 Å². The van der Waals surface area contributed by atoms with Gasteiger partial charge >= 0.3 is 0 Å². The number of hydrogen-bond acceptors (Lipinski definition) is 3. The molecule has 0 saturated carbocycles. The largest absolute Gasteiger partial charge is 0.352 e. The highest BCUT2D eigenvalue weighted by Gasteiger charge is 2.04. The Morgan fingerprint density at radius 1 is 1.27 bits per heavy atom. The van der Waals surface area contributed by atoms with Gasteiger partial charge in [0.15, 0.2) is 0 Å². The van der Waals surface area contributed by atoms with Crippen LogP contribution < -0.4 is 5.32 Å². The predicted molar refractivity (Wildman–Crippen MR) is 64.1 cm³/mol. The van der Waals surface area contributed by atoms with Gasteiger partial charge in [0, 0.05) is 17.4 Å². The molecule has 0 saturated heterocycles. The lowest BCUT2D eigenvalue weighted by Crippen LogP contribution is -2.17. The zero-order valence-corrected chi connectivity index (χ0v) is 10.2. The minimum Gasteiger partial charge on any atom is -0.352 e. The number of anilines is 1. The van der Waals surface area contributed by atoms with E-state index in [4.69, 9.17) is 0 Å². The van der Waals surface area contributed by atoms with Gasteiger partial charge in [0.2, 0.25) is 5.95 Å². The molecule has 84 valence electrons. The van der Waals surface area contributed by atoms with Crippen molar-refractivity contribution < 1.29 is 0 Å². The van der Waals surface area contributed by atoms with Crippen molar-refractivity contribution in [2.24, 2.45) is 0 Å². The molecule has 1 aromatic rings. The highest BCUT2D eigenvalue weighted by atomic mass is 15.1. The van der Waals surface area contributed by atoms with Crippen LogP contribution in [0.5, 0.6) is 0 Å². The van der Waals surface area contributed by atoms with Gasteiger partial charge in [-0.15, -0.1) is 0 Å². The standard InChI is InChI=1S/C12H21N3/c1-5-6-7-9(2)13-12-14-10(3)8-11(4)15-12/h8-9H,5-7H2,1-4H3,(H,13,14,15). The maximum absolute atomic E-state index is 4.36. The van der Waals surface area contributed by atoms with E-state index in [1.807, 2.05) is 19.9 Å². The monoisotopic (exact) mass is 207 g/mol. The SMILES string of the molecule is CCCCC(C)Nc1nc(C)cc(C)n1. The molecule has 1 N–H and O–H groups in total. The maximum Gasteiger partial charge on any atom is 0.223 e. The van der Waals surface area contributed by atoms with Gasteiger partial charge < -0.3 is 5.32 Å². The van der Waals surface area contributed by atoms with Crippen molar-refractivity contribution in [2.45, 2.75) is 53.0 Å². The van der Waals surface area contributed by atoms with Crippen molar-refractivity contribution >= 4 is 5.95 Å². The molecule has 0 radical (unpaired) electrons. The Bertz CT molecular complexity index is 289. The molecule has 15 heavy (non-hydrogen) atoms. The van der Waals surface area contributed by atoms with Crippen molar-refractivity contribution in [3.63, 3.8) is 0 Å². The lowest BCUT2D eigenvalue weighted by Gasteiger charge is -2.13. The summed E-state index contributed by atoms with van der Waals surface area (Å²) >= 11 is 0. The normalized spacial score (nSPS) is 12.5. The topological polar surface area (TPSA) is 37.8 Å². The van der Waals surface area contributed by atoms with Crippen LogP contribution >= 0.6 is 0 Å². The van der Waals surface area contributed by atoms with Crippen LogP contribution in [0.1, 0.15) is 44.5 Å². The Hall–Kier alpha value is -1.12. The molecule has 0 aliphatic carbocycles. The minimum atomic E-state index is 0.450. The molecule has 1 aromatic heterocycles. The molecule has 0 spiro atoms. The average molecular weight is 207 g/mol. The number of unbranched alkanes of at least 4 members (excludes halogenated alkanes) is 1. The van der Waals surface area contributed by atoms with Crippen LogP contribution in [-0.2, 0) is 0 Å². The summed E-state index contributed by atoms with van der Waals surface area (Å²) < 4.78 is 0. The van der Waals surface area contributed by atoms with E-state index in [0.29, 0.717) is 6.04 Å². The summed E-state index contributed by atoms with van der Waals surface area (Å²) in [6, 6.07) is 2.44. The van der Waals surface area contributed by atoms with E-state index in [1.165, 1.54) is 19.3 Å². The van der Waals surface area contributed by atoms with Crippen molar-refractivity contribution in [2.75, 3.05) is 5.32 Å². The number of rotatable bonds is 5. The second-order valence-corrected chi connectivity index (χ2v) is 4.16. The molecule has 1 unspecified atom stereocenters. The number of nitrogens with zero attached hydrogens (tertiary/aromatic N) is 2. The fourth-order valence-electron chi connectivity index (χ4n) is 1.59. The highest BCUT2D eigenvalue weighted by molar-refractivity contribution is 5.28. The molecule has 0 aromatic carbocycles. The van der Waals surface area contributed by atoms with Gasteiger partial charge in [0.1, 0.15) is 0 Å². The Kier molecular flexibility index (Phi) is 4.53. The number of aryl methyl sites for hydroxylation is 2. The maximum atomic E-state index is 4.36. The number of hydrogen-bond donors (Lipinski definition) is 1. The van der Waals surface area contributed by atoms with Crippen LogP contribution in [-0.4, -0.2) is 16.0 Å². The summed E-state index contributed by atoms with van der Waals surface area (Å²) in [6.45, 7) is 8.38. The van der Waals surface area contributed by atoms with E-state index in [2.05, 4.69) is 29.1 Å². The summed E-state index contributed by atoms with van der Waals surface area (Å²) in [5.74, 6) is 0.760. The first-order chi connectivity index (χ1) is 7.11. The third-order valence-electron chi connectivity index (χ3n) is 2.35. The van der Waals surface area contributed by atoms with Gasteiger partial charge in [0.05, 0.1) is 0 Å². The molecule has 1 atom stereocenters. The summed E-state index contributed by atoms with van der Waals surface area (Å²) in [4.78, 5) is 8.72. The molecule has 0 aliphatic rings. The number of nitrogens with one attached hydrogen (secondary N) is 1. The van der Waals surface area contributed by atoms with Crippen LogP contribution in [0.2, 0.25) is 0 Å². The quantitative estimate of drug-likeness (QED) is 0.806. The lowest BCUT2D eigenvalue weighted by atomic mass is 10.1. The van der Waals surface area contributed by atoms with Crippen LogP contribution in [0.25, 0.3) is 0 Å². The third-order valence-corrected chi connectivity index (χ3v) is 2.35. The summed E-state index contributed by atoms with van der Waals surface area (Å²) in [5, 5.41) is 3.34. The van der Waals surface area contributed by atoms with Gasteiger partial charge in [-0.1, -0.05) is 19.8 Å². The Labute approximate surface area is 92.3 Å². The van der Waals surface area contributed by atoms with E-state index in [-0.39, 0.29) is 0 Å². The minimum absolute atomic E-state index is 0.450. The lowest BCUT2D eigenvalue weighted by molar-refractivity contribution is 0.640. The van der Waals surface area contributed by atoms with E-state index in [0.717, 1.165) is 17.3 Å². The Morgan fingerprint density at radius 3 is 2.40 bits per heavy atom. The van der Waals surface area contributed by atoms with Crippen molar-refractivity contribution in [3.05, 3.63) is 17.5 Å². The highest BCUT2D eigenvalue weighted by Crippen LogP contribution is 2.08. The first-order valence-corrected chi connectivity index (χ1v) is 5.70. The van der Waals surface area contributed by atoms with Crippen molar-refractivity contribution in [3.8, 4) is 0 Å². The molecule has 0 amide bonds. The zero-order chi connectivity index (χ0) is 11.3.